The molecule has 84 valence electrons. The van der Waals surface area contributed by atoms with Crippen molar-refractivity contribution in [2.75, 3.05) is 6.56 Å². The predicted octanol–water partition coefficient (Wildman–Crippen LogP) is 1.08. The van der Waals surface area contributed by atoms with Crippen molar-refractivity contribution < 1.29 is 21.8 Å². The molecule has 0 fully saturated rings. The van der Waals surface area contributed by atoms with Gasteiger partial charge < -0.3 is 5.11 Å². The summed E-state index contributed by atoms with van der Waals surface area (Å²) in [6, 6.07) is 5.59. The standard InChI is InChI=1S/C10H14O4S/c1-8-3-5-10(6-4-8)15(12,13)14-7-9(2)11/h3-6,9,11H,7H2,1-2H3/i7D2,9D. The highest BCUT2D eigenvalue weighted by Gasteiger charge is 2.15. The summed E-state index contributed by atoms with van der Waals surface area (Å²) < 4.78 is 49.4. The van der Waals surface area contributed by atoms with Gasteiger partial charge in [-0.2, -0.15) is 8.42 Å². The molecule has 5 heteroatoms. The Labute approximate surface area is 93.8 Å². The molecule has 0 saturated heterocycles. The van der Waals surface area contributed by atoms with Crippen molar-refractivity contribution in [2.45, 2.75) is 24.8 Å². The average Bonchev–Trinajstić information content (AvgIpc) is 2.14. The molecular formula is C10H14O4S. The third-order valence-electron chi connectivity index (χ3n) is 1.61. The van der Waals surface area contributed by atoms with Crippen molar-refractivity contribution >= 4 is 10.1 Å². The van der Waals surface area contributed by atoms with Crippen LogP contribution in [0.1, 0.15) is 16.6 Å². The number of hydrogen-bond acceptors (Lipinski definition) is 4. The predicted molar refractivity (Wildman–Crippen MR) is 56.0 cm³/mol. The molecule has 0 spiro atoms. The van der Waals surface area contributed by atoms with Gasteiger partial charge in [0.15, 0.2) is 0 Å². The van der Waals surface area contributed by atoms with Crippen LogP contribution in [0.4, 0.5) is 0 Å². The maximum atomic E-state index is 11.7. The summed E-state index contributed by atoms with van der Waals surface area (Å²) in [5.41, 5.74) is 0.837. The summed E-state index contributed by atoms with van der Waals surface area (Å²) in [4.78, 5) is -0.235. The second-order valence-electron chi connectivity index (χ2n) is 3.04. The van der Waals surface area contributed by atoms with E-state index in [0.29, 0.717) is 0 Å². The summed E-state index contributed by atoms with van der Waals surface area (Å²) in [7, 11) is -4.37. The number of benzene rings is 1. The largest absolute Gasteiger partial charge is 0.391 e. The Morgan fingerprint density at radius 1 is 1.53 bits per heavy atom. The van der Waals surface area contributed by atoms with E-state index < -0.39 is 22.8 Å². The zero-order chi connectivity index (χ0) is 14.2. The van der Waals surface area contributed by atoms with Crippen LogP contribution in [-0.4, -0.2) is 26.2 Å². The first-order valence-corrected chi connectivity index (χ1v) is 5.61. The molecule has 0 heterocycles. The van der Waals surface area contributed by atoms with Gasteiger partial charge in [0.1, 0.15) is 0 Å². The van der Waals surface area contributed by atoms with Crippen molar-refractivity contribution in [2.24, 2.45) is 0 Å². The molecule has 0 saturated carbocycles. The van der Waals surface area contributed by atoms with Crippen LogP contribution in [-0.2, 0) is 14.3 Å². The lowest BCUT2D eigenvalue weighted by Gasteiger charge is -2.07. The Kier molecular flexibility index (Phi) is 2.61. The summed E-state index contributed by atoms with van der Waals surface area (Å²) in [6.07, 6.45) is -2.69. The van der Waals surface area contributed by atoms with E-state index in [9.17, 15) is 13.5 Å². The van der Waals surface area contributed by atoms with Gasteiger partial charge in [-0.15, -0.1) is 0 Å². The van der Waals surface area contributed by atoms with Crippen LogP contribution in [0.5, 0.6) is 0 Å². The first kappa shape index (κ1) is 8.27. The van der Waals surface area contributed by atoms with Crippen LogP contribution in [0.25, 0.3) is 0 Å². The molecule has 0 radical (unpaired) electrons. The third-order valence-corrected chi connectivity index (χ3v) is 2.76. The molecule has 15 heavy (non-hydrogen) atoms. The number of aliphatic hydroxyl groups is 1. The summed E-state index contributed by atoms with van der Waals surface area (Å²) >= 11 is 0. The van der Waals surface area contributed by atoms with E-state index in [2.05, 4.69) is 4.18 Å². The molecule has 0 aliphatic heterocycles. The maximum absolute atomic E-state index is 11.7. The number of aryl methyl sites for hydroxylation is 1. The van der Waals surface area contributed by atoms with Crippen LogP contribution >= 0.6 is 0 Å². The van der Waals surface area contributed by atoms with Gasteiger partial charge >= 0.3 is 0 Å². The highest BCUT2D eigenvalue weighted by molar-refractivity contribution is 7.86. The van der Waals surface area contributed by atoms with E-state index >= 15 is 0 Å². The van der Waals surface area contributed by atoms with Gasteiger partial charge in [0.25, 0.3) is 10.1 Å². The molecule has 0 aliphatic carbocycles. The lowest BCUT2D eigenvalue weighted by molar-refractivity contribution is 0.126. The van der Waals surface area contributed by atoms with Gasteiger partial charge in [0.05, 0.1) is 21.6 Å². The second kappa shape index (κ2) is 4.74. The first-order chi connectivity index (χ1) is 7.96. The minimum absolute atomic E-state index is 0.235. The maximum Gasteiger partial charge on any atom is 0.297 e. The summed E-state index contributed by atoms with van der Waals surface area (Å²) in [5.74, 6) is 0. The van der Waals surface area contributed by atoms with E-state index in [1.54, 1.807) is 6.92 Å². The molecule has 1 rings (SSSR count). The first-order valence-electron chi connectivity index (χ1n) is 5.70. The topological polar surface area (TPSA) is 63.6 Å². The van der Waals surface area contributed by atoms with E-state index in [1.807, 2.05) is 0 Å². The van der Waals surface area contributed by atoms with Gasteiger partial charge in [0, 0.05) is 0 Å². The van der Waals surface area contributed by atoms with Crippen molar-refractivity contribution in [1.82, 2.24) is 0 Å². The Bertz CT molecular complexity index is 517. The fourth-order valence-corrected chi connectivity index (χ4v) is 1.66. The number of rotatable bonds is 4. The van der Waals surface area contributed by atoms with Crippen LogP contribution in [0.15, 0.2) is 29.2 Å². The highest BCUT2D eigenvalue weighted by atomic mass is 32.2. The molecule has 4 nitrogen and oxygen atoms in total. The second-order valence-corrected chi connectivity index (χ2v) is 4.58. The van der Waals surface area contributed by atoms with Crippen molar-refractivity contribution in [3.8, 4) is 0 Å². The lowest BCUT2D eigenvalue weighted by atomic mass is 10.2. The highest BCUT2D eigenvalue weighted by Crippen LogP contribution is 2.13. The van der Waals surface area contributed by atoms with E-state index in [4.69, 9.17) is 4.11 Å². The summed E-state index contributed by atoms with van der Waals surface area (Å²) in [5, 5.41) is 9.20. The minimum atomic E-state index is -4.37. The molecule has 0 bridgehead atoms. The van der Waals surface area contributed by atoms with Crippen molar-refractivity contribution in [3.05, 3.63) is 29.8 Å². The molecule has 1 unspecified atom stereocenters. The molecule has 1 N–H and O–H groups in total. The van der Waals surface area contributed by atoms with Crippen LogP contribution in [0.2, 0.25) is 0 Å². The van der Waals surface area contributed by atoms with Gasteiger partial charge in [-0.3, -0.25) is 4.18 Å². The van der Waals surface area contributed by atoms with Gasteiger partial charge in [0.2, 0.25) is 0 Å². The van der Waals surface area contributed by atoms with Crippen molar-refractivity contribution in [3.63, 3.8) is 0 Å². The monoisotopic (exact) mass is 233 g/mol. The Morgan fingerprint density at radius 3 is 2.53 bits per heavy atom. The van der Waals surface area contributed by atoms with Gasteiger partial charge in [-0.25, -0.2) is 0 Å². The van der Waals surface area contributed by atoms with Crippen LogP contribution in [0, 0.1) is 6.92 Å². The summed E-state index contributed by atoms with van der Waals surface area (Å²) in [6.45, 7) is -0.473. The molecule has 0 aromatic heterocycles. The number of hydrogen-bond donors (Lipinski definition) is 1. The van der Waals surface area contributed by atoms with Crippen molar-refractivity contribution in [1.29, 1.82) is 0 Å². The minimum Gasteiger partial charge on any atom is -0.391 e. The zero-order valence-corrected chi connectivity index (χ0v) is 9.21. The Balaban J connectivity index is 3.07. The fraction of sp³-hybridized carbons (Fsp3) is 0.400. The molecule has 1 aromatic rings. The molecule has 0 aliphatic rings. The Hall–Kier alpha value is -0.910. The fourth-order valence-electron chi connectivity index (χ4n) is 0.868. The van der Waals surface area contributed by atoms with E-state index in [-0.39, 0.29) is 4.90 Å². The SMILES string of the molecule is [2H]C(C)(O)C([2H])([2H])OS(=O)(=O)c1ccc(C)cc1. The Morgan fingerprint density at radius 2 is 2.07 bits per heavy atom. The van der Waals surface area contributed by atoms with E-state index in [1.165, 1.54) is 24.3 Å². The molecule has 1 aromatic carbocycles. The quantitative estimate of drug-likeness (QED) is 0.790. The zero-order valence-electron chi connectivity index (χ0n) is 11.4. The lowest BCUT2D eigenvalue weighted by Crippen LogP contribution is -2.15. The smallest absolute Gasteiger partial charge is 0.297 e. The average molecular weight is 233 g/mol. The van der Waals surface area contributed by atoms with Crippen LogP contribution < -0.4 is 0 Å². The third kappa shape index (κ3) is 3.62. The van der Waals surface area contributed by atoms with Crippen LogP contribution in [0.3, 0.4) is 0 Å². The van der Waals surface area contributed by atoms with E-state index in [0.717, 1.165) is 12.5 Å². The normalized spacial score (nSPS) is 19.8. The molecular weight excluding hydrogens is 216 g/mol. The molecule has 0 amide bonds. The van der Waals surface area contributed by atoms with Gasteiger partial charge in [-0.1, -0.05) is 17.7 Å². The van der Waals surface area contributed by atoms with Gasteiger partial charge in [-0.05, 0) is 26.0 Å². The molecule has 1 atom stereocenters.